The number of carbonyl (C=O) groups is 4. The van der Waals surface area contributed by atoms with Crippen molar-refractivity contribution in [3.05, 3.63) is 70.7 Å². The first-order chi connectivity index (χ1) is 15.9. The van der Waals surface area contributed by atoms with Gasteiger partial charge in [0, 0.05) is 30.5 Å². The number of amides is 3. The lowest BCUT2D eigenvalue weighted by atomic mass is 10.0. The van der Waals surface area contributed by atoms with Gasteiger partial charge in [0.25, 0.3) is 5.91 Å². The fourth-order valence-electron chi connectivity index (χ4n) is 3.98. The highest BCUT2D eigenvalue weighted by Crippen LogP contribution is 2.25. The molecule has 0 radical (unpaired) electrons. The van der Waals surface area contributed by atoms with Gasteiger partial charge in [0.05, 0.1) is 0 Å². The minimum atomic E-state index is -1.02. The monoisotopic (exact) mass is 467 g/mol. The van der Waals surface area contributed by atoms with Gasteiger partial charge in [-0.1, -0.05) is 60.1 Å². The Balaban J connectivity index is 1.49. The molecule has 2 atom stereocenters. The highest BCUT2D eigenvalue weighted by Gasteiger charge is 2.39. The van der Waals surface area contributed by atoms with Crippen LogP contribution in [0, 0.1) is 0 Å². The molecule has 1 aliphatic carbocycles. The lowest BCUT2D eigenvalue weighted by Crippen LogP contribution is -2.53. The van der Waals surface area contributed by atoms with Crippen molar-refractivity contribution in [3.8, 4) is 0 Å². The lowest BCUT2D eigenvalue weighted by Gasteiger charge is -2.26. The quantitative estimate of drug-likeness (QED) is 0.553. The smallest absolute Gasteiger partial charge is 0.289 e. The number of nitrogens with one attached hydrogen (secondary N) is 2. The van der Waals surface area contributed by atoms with Crippen molar-refractivity contribution >= 4 is 35.1 Å². The number of hydrogen-bond acceptors (Lipinski definition) is 4. The summed E-state index contributed by atoms with van der Waals surface area (Å²) in [5.41, 5.74) is 1.57. The Hall–Kier alpha value is -3.19. The molecule has 1 aliphatic heterocycles. The molecule has 1 unspecified atom stereocenters. The summed E-state index contributed by atoms with van der Waals surface area (Å²) in [7, 11) is 0. The second-order valence-electron chi connectivity index (χ2n) is 8.53. The summed E-state index contributed by atoms with van der Waals surface area (Å²) in [5.74, 6) is -1.95. The van der Waals surface area contributed by atoms with Crippen LogP contribution in [0.1, 0.15) is 36.8 Å². The maximum absolute atomic E-state index is 13.2. The standard InChI is InChI=1S/C25H26ClN3O4/c26-19-9-5-4-8-17(19)15-29-21(12-13-22(29)30)24(32)28-20(14-16-6-2-1-3-7-16)23(31)25(33)27-18-10-11-18/h1-9,18,20-21H,10-15H2,(H,27,33)(H,28,32)/t20?,21-/m1/s1. The molecule has 2 fully saturated rings. The predicted octanol–water partition coefficient (Wildman–Crippen LogP) is 2.41. The predicted molar refractivity (Wildman–Crippen MR) is 123 cm³/mol. The van der Waals surface area contributed by atoms with Gasteiger partial charge in [-0.05, 0) is 36.5 Å². The number of hydrogen-bond donors (Lipinski definition) is 2. The van der Waals surface area contributed by atoms with Crippen molar-refractivity contribution in [1.82, 2.24) is 15.5 Å². The summed E-state index contributed by atoms with van der Waals surface area (Å²) < 4.78 is 0. The Kier molecular flexibility index (Phi) is 7.08. The van der Waals surface area contributed by atoms with Gasteiger partial charge in [0.1, 0.15) is 12.1 Å². The molecule has 33 heavy (non-hydrogen) atoms. The summed E-state index contributed by atoms with van der Waals surface area (Å²) in [6.45, 7) is 0.204. The zero-order valence-electron chi connectivity index (χ0n) is 18.1. The normalized spacial score (nSPS) is 18.6. The molecule has 2 aliphatic rings. The van der Waals surface area contributed by atoms with Gasteiger partial charge in [-0.3, -0.25) is 19.2 Å². The van der Waals surface area contributed by atoms with Crippen molar-refractivity contribution in [2.45, 2.75) is 56.8 Å². The third kappa shape index (κ3) is 5.79. The van der Waals surface area contributed by atoms with Crippen molar-refractivity contribution in [1.29, 1.82) is 0 Å². The first-order valence-corrected chi connectivity index (χ1v) is 11.5. The second kappa shape index (κ2) is 10.2. The van der Waals surface area contributed by atoms with Crippen molar-refractivity contribution in [2.75, 3.05) is 0 Å². The molecule has 0 aromatic heterocycles. The van der Waals surface area contributed by atoms with E-state index >= 15 is 0 Å². The van der Waals surface area contributed by atoms with Crippen LogP contribution in [0.25, 0.3) is 0 Å². The fraction of sp³-hybridized carbons (Fsp3) is 0.360. The molecule has 2 aromatic rings. The van der Waals surface area contributed by atoms with E-state index in [1.54, 1.807) is 12.1 Å². The molecule has 3 amide bonds. The number of nitrogens with zero attached hydrogens (tertiary/aromatic N) is 1. The molecule has 0 bridgehead atoms. The van der Waals surface area contributed by atoms with Gasteiger partial charge in [0.15, 0.2) is 0 Å². The van der Waals surface area contributed by atoms with Crippen molar-refractivity contribution < 1.29 is 19.2 Å². The average molecular weight is 468 g/mol. The van der Waals surface area contributed by atoms with E-state index in [1.165, 1.54) is 4.90 Å². The molecule has 1 heterocycles. The first-order valence-electron chi connectivity index (χ1n) is 11.1. The molecule has 8 heteroatoms. The molecule has 2 aromatic carbocycles. The van der Waals surface area contributed by atoms with Crippen molar-refractivity contribution in [3.63, 3.8) is 0 Å². The molecular formula is C25H26ClN3O4. The lowest BCUT2D eigenvalue weighted by molar-refractivity contribution is -0.141. The molecule has 1 saturated carbocycles. The van der Waals surface area contributed by atoms with Gasteiger partial charge in [-0.25, -0.2) is 0 Å². The second-order valence-corrected chi connectivity index (χ2v) is 8.94. The van der Waals surface area contributed by atoms with Crippen LogP contribution in [0.3, 0.4) is 0 Å². The first kappa shape index (κ1) is 23.0. The van der Waals surface area contributed by atoms with E-state index in [9.17, 15) is 19.2 Å². The van der Waals surface area contributed by atoms with Crippen LogP contribution in [0.5, 0.6) is 0 Å². The minimum absolute atomic E-state index is 0.0353. The number of ketones is 1. The van der Waals surface area contributed by atoms with Crippen LogP contribution in [0.15, 0.2) is 54.6 Å². The largest absolute Gasteiger partial charge is 0.347 e. The van der Waals surface area contributed by atoms with Crippen LogP contribution in [-0.4, -0.2) is 46.5 Å². The highest BCUT2D eigenvalue weighted by atomic mass is 35.5. The summed E-state index contributed by atoms with van der Waals surface area (Å²) in [4.78, 5) is 52.6. The number of halogens is 1. The summed E-state index contributed by atoms with van der Waals surface area (Å²) >= 11 is 6.25. The van der Waals surface area contributed by atoms with E-state index in [-0.39, 0.29) is 31.3 Å². The Labute approximate surface area is 197 Å². The topological polar surface area (TPSA) is 95.6 Å². The molecule has 172 valence electrons. The van der Waals surface area contributed by atoms with E-state index in [2.05, 4.69) is 10.6 Å². The van der Waals surface area contributed by atoms with E-state index in [0.29, 0.717) is 11.4 Å². The van der Waals surface area contributed by atoms with Crippen LogP contribution in [0.4, 0.5) is 0 Å². The van der Waals surface area contributed by atoms with E-state index in [4.69, 9.17) is 11.6 Å². The van der Waals surface area contributed by atoms with Crippen molar-refractivity contribution in [2.24, 2.45) is 0 Å². The molecule has 1 saturated heterocycles. The Morgan fingerprint density at radius 3 is 2.39 bits per heavy atom. The summed E-state index contributed by atoms with van der Waals surface area (Å²) in [5, 5.41) is 5.97. The zero-order valence-corrected chi connectivity index (χ0v) is 18.9. The Bertz CT molecular complexity index is 1050. The third-order valence-corrected chi connectivity index (χ3v) is 6.35. The van der Waals surface area contributed by atoms with Gasteiger partial charge < -0.3 is 15.5 Å². The SMILES string of the molecule is O=C(NC1CC1)C(=O)C(Cc1ccccc1)NC(=O)[C@H]1CCC(=O)N1Cc1ccccc1Cl. The maximum atomic E-state index is 13.2. The van der Waals surface area contributed by atoms with E-state index in [1.807, 2.05) is 42.5 Å². The average Bonchev–Trinajstić information content (AvgIpc) is 3.55. The molecule has 0 spiro atoms. The van der Waals surface area contributed by atoms with Gasteiger partial charge >= 0.3 is 0 Å². The van der Waals surface area contributed by atoms with E-state index < -0.39 is 29.7 Å². The number of likely N-dealkylation sites (tertiary alicyclic amines) is 1. The third-order valence-electron chi connectivity index (χ3n) is 5.98. The summed E-state index contributed by atoms with van der Waals surface area (Å²) in [6, 6.07) is 14.7. The highest BCUT2D eigenvalue weighted by molar-refractivity contribution is 6.38. The number of benzene rings is 2. The van der Waals surface area contributed by atoms with Gasteiger partial charge in [-0.15, -0.1) is 0 Å². The van der Waals surface area contributed by atoms with Crippen LogP contribution >= 0.6 is 11.6 Å². The van der Waals surface area contributed by atoms with Crippen LogP contribution < -0.4 is 10.6 Å². The van der Waals surface area contributed by atoms with Crippen LogP contribution in [-0.2, 0) is 32.1 Å². The molecule has 4 rings (SSSR count). The minimum Gasteiger partial charge on any atom is -0.347 e. The molecular weight excluding hydrogens is 442 g/mol. The number of carbonyl (C=O) groups excluding carboxylic acids is 4. The van der Waals surface area contributed by atoms with Crippen LogP contribution in [0.2, 0.25) is 5.02 Å². The van der Waals surface area contributed by atoms with Gasteiger partial charge in [-0.2, -0.15) is 0 Å². The van der Waals surface area contributed by atoms with E-state index in [0.717, 1.165) is 24.0 Å². The molecule has 7 nitrogen and oxygen atoms in total. The number of Topliss-reactive ketones (excluding diaryl/α,β-unsaturated/α-hetero) is 1. The zero-order chi connectivity index (χ0) is 23.4. The Morgan fingerprint density at radius 2 is 1.70 bits per heavy atom. The molecule has 2 N–H and O–H groups in total. The fourth-order valence-corrected chi connectivity index (χ4v) is 4.18. The van der Waals surface area contributed by atoms with Gasteiger partial charge in [0.2, 0.25) is 17.6 Å². The maximum Gasteiger partial charge on any atom is 0.289 e. The number of rotatable bonds is 9. The Morgan fingerprint density at radius 1 is 1.00 bits per heavy atom. The summed E-state index contributed by atoms with van der Waals surface area (Å²) in [6.07, 6.45) is 2.48.